The lowest BCUT2D eigenvalue weighted by molar-refractivity contribution is 0.223. The van der Waals surface area contributed by atoms with Crippen molar-refractivity contribution >= 4 is 41.3 Å². The molecule has 1 atom stereocenters. The summed E-state index contributed by atoms with van der Waals surface area (Å²) >= 11 is 1.66. The maximum atomic E-state index is 12.9. The number of guanidine groups is 1. The van der Waals surface area contributed by atoms with Crippen LogP contribution in [0.15, 0.2) is 34.6 Å². The van der Waals surface area contributed by atoms with E-state index >= 15 is 0 Å². The number of thiazole rings is 1. The van der Waals surface area contributed by atoms with Crippen molar-refractivity contribution in [1.29, 1.82) is 0 Å². The monoisotopic (exact) mass is 478 g/mol. The summed E-state index contributed by atoms with van der Waals surface area (Å²) in [4.78, 5) is 8.62. The molecular formula is C17H24FIN4OS. The van der Waals surface area contributed by atoms with E-state index in [0.29, 0.717) is 12.3 Å². The number of nitrogens with zero attached hydrogens (tertiary/aromatic N) is 2. The highest BCUT2D eigenvalue weighted by molar-refractivity contribution is 14.0. The molecule has 0 saturated heterocycles. The number of hydrogen-bond acceptors (Lipinski definition) is 4. The molecule has 1 heterocycles. The summed E-state index contributed by atoms with van der Waals surface area (Å²) in [6, 6.07) is 6.01. The second-order valence-corrected chi connectivity index (χ2v) is 6.43. The lowest BCUT2D eigenvalue weighted by Gasteiger charge is -2.17. The second kappa shape index (κ2) is 11.2. The predicted molar refractivity (Wildman–Crippen MR) is 112 cm³/mol. The van der Waals surface area contributed by atoms with Gasteiger partial charge in [0.15, 0.2) is 5.96 Å². The minimum Gasteiger partial charge on any atom is -0.489 e. The molecule has 25 heavy (non-hydrogen) atoms. The highest BCUT2D eigenvalue weighted by Crippen LogP contribution is 2.12. The number of aryl methyl sites for hydroxylation is 1. The minimum atomic E-state index is -0.270. The zero-order chi connectivity index (χ0) is 17.4. The Hall–Kier alpha value is -1.42. The van der Waals surface area contributed by atoms with Gasteiger partial charge in [-0.25, -0.2) is 9.37 Å². The van der Waals surface area contributed by atoms with Crippen LogP contribution < -0.4 is 15.4 Å². The standard InChI is InChI=1S/C17H23FN4OS.HI/c1-12(23-16-6-4-14(18)5-7-16)10-21-17(19-3)20-9-8-15-11-24-13(2)22-15;/h4-7,11-12H,8-10H2,1-3H3,(H2,19,20,21);1H. The summed E-state index contributed by atoms with van der Waals surface area (Å²) < 4.78 is 18.6. The summed E-state index contributed by atoms with van der Waals surface area (Å²) in [6.07, 6.45) is 0.780. The van der Waals surface area contributed by atoms with Crippen molar-refractivity contribution in [3.05, 3.63) is 46.2 Å². The van der Waals surface area contributed by atoms with Gasteiger partial charge in [0.2, 0.25) is 0 Å². The number of nitrogens with one attached hydrogen (secondary N) is 2. The van der Waals surface area contributed by atoms with Gasteiger partial charge in [-0.15, -0.1) is 35.3 Å². The van der Waals surface area contributed by atoms with Crippen LogP contribution >= 0.6 is 35.3 Å². The van der Waals surface area contributed by atoms with Gasteiger partial charge in [0.25, 0.3) is 0 Å². The van der Waals surface area contributed by atoms with Gasteiger partial charge >= 0.3 is 0 Å². The first-order chi connectivity index (χ1) is 11.6. The zero-order valence-corrected chi connectivity index (χ0v) is 17.7. The third-order valence-electron chi connectivity index (χ3n) is 3.27. The van der Waals surface area contributed by atoms with Crippen molar-refractivity contribution < 1.29 is 9.13 Å². The molecule has 0 saturated carbocycles. The SMILES string of the molecule is CN=C(NCCc1csc(C)n1)NCC(C)Oc1ccc(F)cc1.I. The fourth-order valence-corrected chi connectivity index (χ4v) is 2.73. The van der Waals surface area contributed by atoms with Crippen molar-refractivity contribution in [3.8, 4) is 5.75 Å². The van der Waals surface area contributed by atoms with Gasteiger partial charge in [0, 0.05) is 25.4 Å². The Morgan fingerprint density at radius 1 is 1.32 bits per heavy atom. The zero-order valence-electron chi connectivity index (χ0n) is 14.6. The fourth-order valence-electron chi connectivity index (χ4n) is 2.08. The van der Waals surface area contributed by atoms with Crippen LogP contribution in [0.5, 0.6) is 5.75 Å². The van der Waals surface area contributed by atoms with Crippen molar-refractivity contribution in [2.45, 2.75) is 26.4 Å². The molecule has 0 radical (unpaired) electrons. The number of hydrogen-bond donors (Lipinski definition) is 2. The molecule has 0 aliphatic carbocycles. The average molecular weight is 478 g/mol. The van der Waals surface area contributed by atoms with Gasteiger partial charge in [-0.05, 0) is 38.1 Å². The Bertz CT molecular complexity index is 663. The molecule has 1 aromatic heterocycles. The highest BCUT2D eigenvalue weighted by Gasteiger charge is 2.06. The molecule has 0 bridgehead atoms. The van der Waals surface area contributed by atoms with Crippen LogP contribution in [0.3, 0.4) is 0 Å². The molecule has 2 aromatic rings. The van der Waals surface area contributed by atoms with Gasteiger partial charge in [0.1, 0.15) is 17.7 Å². The average Bonchev–Trinajstić information content (AvgIpc) is 2.98. The Morgan fingerprint density at radius 3 is 2.64 bits per heavy atom. The maximum absolute atomic E-state index is 12.9. The van der Waals surface area contributed by atoms with E-state index in [4.69, 9.17) is 4.74 Å². The van der Waals surface area contributed by atoms with E-state index in [1.54, 1.807) is 30.5 Å². The topological polar surface area (TPSA) is 58.5 Å². The summed E-state index contributed by atoms with van der Waals surface area (Å²) in [5.74, 6) is 1.09. The number of halogens is 2. The molecule has 8 heteroatoms. The molecule has 0 aliphatic heterocycles. The minimum absolute atomic E-state index is 0. The van der Waals surface area contributed by atoms with Crippen molar-refractivity contribution in [2.75, 3.05) is 20.1 Å². The Balaban J connectivity index is 0.00000312. The fraction of sp³-hybridized carbons (Fsp3) is 0.412. The quantitative estimate of drug-likeness (QED) is 0.364. The first-order valence-electron chi connectivity index (χ1n) is 7.84. The number of aromatic nitrogens is 1. The first kappa shape index (κ1) is 21.6. The number of benzene rings is 1. The maximum Gasteiger partial charge on any atom is 0.191 e. The molecular weight excluding hydrogens is 454 g/mol. The molecule has 0 fully saturated rings. The van der Waals surface area contributed by atoms with Crippen LogP contribution in [0.25, 0.3) is 0 Å². The smallest absolute Gasteiger partial charge is 0.191 e. The molecule has 0 amide bonds. The highest BCUT2D eigenvalue weighted by atomic mass is 127. The lowest BCUT2D eigenvalue weighted by atomic mass is 10.3. The Labute approximate surface area is 169 Å². The van der Waals surface area contributed by atoms with Crippen LogP contribution in [-0.2, 0) is 6.42 Å². The first-order valence-corrected chi connectivity index (χ1v) is 8.72. The van der Waals surface area contributed by atoms with E-state index in [-0.39, 0.29) is 35.9 Å². The normalized spacial score (nSPS) is 12.2. The second-order valence-electron chi connectivity index (χ2n) is 5.37. The molecule has 0 aliphatic rings. The molecule has 5 nitrogen and oxygen atoms in total. The Kier molecular flexibility index (Phi) is 9.73. The van der Waals surface area contributed by atoms with Gasteiger partial charge < -0.3 is 15.4 Å². The Morgan fingerprint density at radius 2 is 2.04 bits per heavy atom. The molecule has 2 N–H and O–H groups in total. The van der Waals surface area contributed by atoms with E-state index in [2.05, 4.69) is 26.0 Å². The third kappa shape index (κ3) is 8.00. The van der Waals surface area contributed by atoms with Crippen molar-refractivity contribution in [1.82, 2.24) is 15.6 Å². The van der Waals surface area contributed by atoms with Crippen LogP contribution in [0.4, 0.5) is 4.39 Å². The van der Waals surface area contributed by atoms with E-state index in [0.717, 1.165) is 29.6 Å². The molecule has 0 spiro atoms. The van der Waals surface area contributed by atoms with E-state index in [1.807, 2.05) is 13.8 Å². The van der Waals surface area contributed by atoms with E-state index in [9.17, 15) is 4.39 Å². The summed E-state index contributed by atoms with van der Waals surface area (Å²) in [5.41, 5.74) is 1.09. The van der Waals surface area contributed by atoms with Gasteiger partial charge in [-0.3, -0.25) is 4.99 Å². The van der Waals surface area contributed by atoms with E-state index in [1.165, 1.54) is 12.1 Å². The van der Waals surface area contributed by atoms with Gasteiger partial charge in [-0.2, -0.15) is 0 Å². The number of aliphatic imine (C=N–C) groups is 1. The lowest BCUT2D eigenvalue weighted by Crippen LogP contribution is -2.42. The van der Waals surface area contributed by atoms with Crippen LogP contribution in [0.2, 0.25) is 0 Å². The predicted octanol–water partition coefficient (Wildman–Crippen LogP) is 3.38. The van der Waals surface area contributed by atoms with Crippen molar-refractivity contribution in [2.24, 2.45) is 4.99 Å². The van der Waals surface area contributed by atoms with Crippen LogP contribution in [-0.4, -0.2) is 37.2 Å². The number of ether oxygens (including phenoxy) is 1. The molecule has 138 valence electrons. The molecule has 1 unspecified atom stereocenters. The van der Waals surface area contributed by atoms with Crippen LogP contribution in [0, 0.1) is 12.7 Å². The van der Waals surface area contributed by atoms with Crippen LogP contribution in [0.1, 0.15) is 17.6 Å². The summed E-state index contributed by atoms with van der Waals surface area (Å²) in [6.45, 7) is 5.30. The van der Waals surface area contributed by atoms with Crippen molar-refractivity contribution in [3.63, 3.8) is 0 Å². The molecule has 2 rings (SSSR count). The van der Waals surface area contributed by atoms with Gasteiger partial charge in [-0.1, -0.05) is 0 Å². The molecule has 1 aromatic carbocycles. The van der Waals surface area contributed by atoms with E-state index < -0.39 is 0 Å². The number of rotatable bonds is 7. The summed E-state index contributed by atoms with van der Waals surface area (Å²) in [5, 5.41) is 9.62. The third-order valence-corrected chi connectivity index (χ3v) is 4.09. The van der Waals surface area contributed by atoms with Gasteiger partial charge in [0.05, 0.1) is 17.2 Å². The largest absolute Gasteiger partial charge is 0.489 e. The summed E-state index contributed by atoms with van der Waals surface area (Å²) in [7, 11) is 1.73.